The van der Waals surface area contributed by atoms with Crippen LogP contribution < -0.4 is 10.6 Å². The van der Waals surface area contributed by atoms with E-state index in [-0.39, 0.29) is 32.9 Å². The van der Waals surface area contributed by atoms with Crippen molar-refractivity contribution < 1.29 is 17.1 Å². The van der Waals surface area contributed by atoms with Crippen LogP contribution in [0.15, 0.2) is 48.5 Å². The van der Waals surface area contributed by atoms with Crippen molar-refractivity contribution in [2.24, 2.45) is 5.92 Å². The van der Waals surface area contributed by atoms with Gasteiger partial charge in [0, 0.05) is 17.1 Å². The van der Waals surface area contributed by atoms with Gasteiger partial charge in [0.25, 0.3) is 0 Å². The van der Waals surface area contributed by atoms with E-state index in [1.807, 2.05) is 0 Å². The van der Waals surface area contributed by atoms with E-state index in [0.717, 1.165) is 17.2 Å². The molecule has 0 aliphatic heterocycles. The van der Waals surface area contributed by atoms with Gasteiger partial charge in [-0.3, -0.25) is 0 Å². The topological polar surface area (TPSA) is 0 Å². The summed E-state index contributed by atoms with van der Waals surface area (Å²) in [6.07, 6.45) is 11.7. The molecular weight excluding hydrogens is 526 g/mol. The van der Waals surface area contributed by atoms with Gasteiger partial charge in [0.05, 0.1) is 0 Å². The van der Waals surface area contributed by atoms with Gasteiger partial charge in [-0.2, -0.15) is 0 Å². The van der Waals surface area contributed by atoms with E-state index in [1.54, 1.807) is 10.6 Å². The second kappa shape index (κ2) is 14.5. The summed E-state index contributed by atoms with van der Waals surface area (Å²) in [5.41, 5.74) is 4.32. The second-order valence-electron chi connectivity index (χ2n) is 13.4. The molecule has 2 fully saturated rings. The molecule has 208 valence electrons. The summed E-state index contributed by atoms with van der Waals surface area (Å²) in [4.78, 5) is 0. The van der Waals surface area contributed by atoms with Crippen LogP contribution in [0, 0.1) is 19.8 Å². The fourth-order valence-corrected chi connectivity index (χ4v) is 15.7. The molecule has 0 aromatic heterocycles. The zero-order valence-corrected chi connectivity index (χ0v) is 28.1. The molecule has 3 unspecified atom stereocenters. The number of rotatable bonds is 5. The molecule has 2 aromatic rings. The Bertz CT molecular complexity index is 849. The Balaban J connectivity index is 0.000000716. The van der Waals surface area contributed by atoms with E-state index in [9.17, 15) is 0 Å². The molecule has 2 aliphatic rings. The molecule has 3 atom stereocenters. The summed E-state index contributed by atoms with van der Waals surface area (Å²) in [6.45, 7) is 22.0. The maximum absolute atomic E-state index is 2.61. The second-order valence-corrected chi connectivity index (χ2v) is 20.1. The largest absolute Gasteiger partial charge is 0.0924 e. The first-order valence-corrected chi connectivity index (χ1v) is 17.4. The standard InChI is InChI=1S/C29H44P2.C5H10.Fe/c1-21-13-17-24(18-14-21)30(25-19-15-22(2)16-20-25)27-12-10-11-26(27)23(3)31(28(4,5)6)29(7,8)9;1-2-4-5-3-1;/h13-20,23,26-27H,10-12H2,1-9H3;1-5H2;. The summed E-state index contributed by atoms with van der Waals surface area (Å²) in [5, 5.41) is 3.92. The number of hydrogen-bond acceptors (Lipinski definition) is 0. The van der Waals surface area contributed by atoms with Gasteiger partial charge >= 0.3 is 0 Å². The molecule has 0 bridgehead atoms. The van der Waals surface area contributed by atoms with Crippen LogP contribution in [0.25, 0.3) is 0 Å². The van der Waals surface area contributed by atoms with E-state index in [1.165, 1.54) is 62.5 Å². The molecule has 0 nitrogen and oxygen atoms in total. The van der Waals surface area contributed by atoms with Crippen LogP contribution in [0.3, 0.4) is 0 Å². The molecule has 3 heteroatoms. The molecule has 4 rings (SSSR count). The van der Waals surface area contributed by atoms with Crippen LogP contribution in [-0.4, -0.2) is 21.6 Å². The summed E-state index contributed by atoms with van der Waals surface area (Å²) in [6, 6.07) is 19.0. The first-order valence-electron chi connectivity index (χ1n) is 14.6. The van der Waals surface area contributed by atoms with Crippen LogP contribution in [0.5, 0.6) is 0 Å². The van der Waals surface area contributed by atoms with Crippen LogP contribution >= 0.6 is 15.8 Å². The first-order chi connectivity index (χ1) is 16.9. The Morgan fingerprint density at radius 3 is 1.35 bits per heavy atom. The normalized spacial score (nSPS) is 20.9. The van der Waals surface area contributed by atoms with Gasteiger partial charge in [0.2, 0.25) is 0 Å². The van der Waals surface area contributed by atoms with Gasteiger partial charge in [0.1, 0.15) is 0 Å². The van der Waals surface area contributed by atoms with Crippen molar-refractivity contribution >= 4 is 26.5 Å². The van der Waals surface area contributed by atoms with E-state index in [0.29, 0.717) is 10.3 Å². The average molecular weight is 581 g/mol. The van der Waals surface area contributed by atoms with Gasteiger partial charge in [-0.1, -0.05) is 155 Å². The number of benzene rings is 2. The number of aryl methyl sites for hydroxylation is 2. The van der Waals surface area contributed by atoms with E-state index >= 15 is 0 Å². The summed E-state index contributed by atoms with van der Waals surface area (Å²) >= 11 is 0. The average Bonchev–Trinajstić information content (AvgIpc) is 3.50. The van der Waals surface area contributed by atoms with Gasteiger partial charge in [0.15, 0.2) is 0 Å². The maximum atomic E-state index is 2.61. The Hall–Kier alpha value is -0.181. The van der Waals surface area contributed by atoms with Crippen LogP contribution in [0.2, 0.25) is 0 Å². The molecule has 0 heterocycles. The van der Waals surface area contributed by atoms with Gasteiger partial charge in [-0.25, -0.2) is 0 Å². The van der Waals surface area contributed by atoms with E-state index in [2.05, 4.69) is 111 Å². The predicted molar refractivity (Wildman–Crippen MR) is 169 cm³/mol. The summed E-state index contributed by atoms with van der Waals surface area (Å²) in [7, 11) is -0.439. The third-order valence-corrected chi connectivity index (χ3v) is 15.3. The van der Waals surface area contributed by atoms with Crippen molar-refractivity contribution in [2.45, 2.75) is 135 Å². The first kappa shape index (κ1) is 33.0. The van der Waals surface area contributed by atoms with Gasteiger partial charge in [-0.15, -0.1) is 0 Å². The summed E-state index contributed by atoms with van der Waals surface area (Å²) in [5.74, 6) is 0.832. The number of hydrogen-bond donors (Lipinski definition) is 0. The molecule has 2 aromatic carbocycles. The Labute approximate surface area is 243 Å². The zero-order chi connectivity index (χ0) is 26.5. The fraction of sp³-hybridized carbons (Fsp3) is 0.647. The van der Waals surface area contributed by atoms with Gasteiger partial charge < -0.3 is 0 Å². The van der Waals surface area contributed by atoms with E-state index < -0.39 is 0 Å². The van der Waals surface area contributed by atoms with Crippen molar-refractivity contribution in [2.75, 3.05) is 0 Å². The van der Waals surface area contributed by atoms with Crippen LogP contribution in [0.4, 0.5) is 0 Å². The van der Waals surface area contributed by atoms with Crippen molar-refractivity contribution in [3.8, 4) is 0 Å². The third-order valence-electron chi connectivity index (χ3n) is 8.21. The quantitative estimate of drug-likeness (QED) is 0.244. The molecule has 37 heavy (non-hydrogen) atoms. The van der Waals surface area contributed by atoms with E-state index in [4.69, 9.17) is 0 Å². The van der Waals surface area contributed by atoms with Crippen molar-refractivity contribution in [3.63, 3.8) is 0 Å². The van der Waals surface area contributed by atoms with Crippen molar-refractivity contribution in [1.82, 2.24) is 0 Å². The third kappa shape index (κ3) is 9.18. The molecule has 0 radical (unpaired) electrons. The molecule has 0 spiro atoms. The van der Waals surface area contributed by atoms with Crippen LogP contribution in [-0.2, 0) is 17.1 Å². The zero-order valence-electron chi connectivity index (χ0n) is 25.3. The fourth-order valence-electron chi connectivity index (χ4n) is 7.10. The minimum Gasteiger partial charge on any atom is -0.0924 e. The summed E-state index contributed by atoms with van der Waals surface area (Å²) < 4.78 is 0. The van der Waals surface area contributed by atoms with Gasteiger partial charge in [-0.05, 0) is 72.8 Å². The molecule has 2 aliphatic carbocycles. The smallest absolute Gasteiger partial charge is 0 e. The molecule has 2 saturated carbocycles. The molecule has 0 N–H and O–H groups in total. The Morgan fingerprint density at radius 1 is 0.622 bits per heavy atom. The minimum absolute atomic E-state index is 0. The Kier molecular flexibility index (Phi) is 12.9. The maximum Gasteiger partial charge on any atom is 0 e. The molecular formula is C34H54FeP2. The Morgan fingerprint density at radius 2 is 1.00 bits per heavy atom. The molecule has 0 saturated heterocycles. The van der Waals surface area contributed by atoms with Crippen molar-refractivity contribution in [1.29, 1.82) is 0 Å². The SMILES string of the molecule is C1CCCC1.Cc1ccc(P(c2ccc(C)cc2)C2CCCC2C(C)P(C(C)(C)C)C(C)(C)C)cc1.[Fe]. The van der Waals surface area contributed by atoms with Crippen LogP contribution in [0.1, 0.15) is 111 Å². The minimum atomic E-state index is -0.335. The predicted octanol–water partition coefficient (Wildman–Crippen LogP) is 10.3. The van der Waals surface area contributed by atoms with Crippen molar-refractivity contribution in [3.05, 3.63) is 59.7 Å². The monoisotopic (exact) mass is 580 g/mol. The molecule has 0 amide bonds.